The summed E-state index contributed by atoms with van der Waals surface area (Å²) in [5.74, 6) is 0.944. The van der Waals surface area contributed by atoms with E-state index in [4.69, 9.17) is 0 Å². The number of hydrogen-bond acceptors (Lipinski definition) is 2. The van der Waals surface area contributed by atoms with Crippen molar-refractivity contribution in [2.24, 2.45) is 5.92 Å². The van der Waals surface area contributed by atoms with Crippen molar-refractivity contribution in [3.8, 4) is 0 Å². The first kappa shape index (κ1) is 6.62. The summed E-state index contributed by atoms with van der Waals surface area (Å²) in [4.78, 5) is 2.50. The van der Waals surface area contributed by atoms with Crippen molar-refractivity contribution in [2.75, 3.05) is 20.1 Å². The molecule has 0 aromatic rings. The molecule has 2 heterocycles. The second-order valence-corrected chi connectivity index (χ2v) is 3.72. The Balaban J connectivity index is 2.11. The molecule has 2 aliphatic heterocycles. The van der Waals surface area contributed by atoms with Crippen molar-refractivity contribution in [1.29, 1.82) is 0 Å². The molecule has 3 unspecified atom stereocenters. The highest BCUT2D eigenvalue weighted by Crippen LogP contribution is 2.28. The van der Waals surface area contributed by atoms with Gasteiger partial charge in [-0.1, -0.05) is 0 Å². The average Bonchev–Trinajstić information content (AvgIpc) is 2.40. The Kier molecular flexibility index (Phi) is 1.46. The van der Waals surface area contributed by atoms with Crippen LogP contribution in [0.15, 0.2) is 0 Å². The second kappa shape index (κ2) is 2.21. The van der Waals surface area contributed by atoms with Crippen molar-refractivity contribution in [2.45, 2.75) is 25.4 Å². The topological polar surface area (TPSA) is 15.3 Å². The summed E-state index contributed by atoms with van der Waals surface area (Å²) in [5.41, 5.74) is 0. The van der Waals surface area contributed by atoms with Gasteiger partial charge >= 0.3 is 0 Å². The molecule has 10 heavy (non-hydrogen) atoms. The van der Waals surface area contributed by atoms with Gasteiger partial charge in [0.25, 0.3) is 0 Å². The van der Waals surface area contributed by atoms with Gasteiger partial charge in [-0.3, -0.25) is 0 Å². The third-order valence-corrected chi connectivity index (χ3v) is 3.06. The van der Waals surface area contributed by atoms with Crippen LogP contribution in [0.4, 0.5) is 0 Å². The monoisotopic (exact) mass is 140 g/mol. The Bertz CT molecular complexity index is 121. The minimum absolute atomic E-state index is 0.720. The smallest absolute Gasteiger partial charge is 0.0284 e. The summed E-state index contributed by atoms with van der Waals surface area (Å²) in [6, 6.07) is 1.55. The van der Waals surface area contributed by atoms with Crippen LogP contribution in [-0.2, 0) is 0 Å². The van der Waals surface area contributed by atoms with Gasteiger partial charge < -0.3 is 10.2 Å². The molecule has 2 rings (SSSR count). The molecule has 0 radical (unpaired) electrons. The lowest BCUT2D eigenvalue weighted by molar-refractivity contribution is 0.273. The van der Waals surface area contributed by atoms with Crippen molar-refractivity contribution in [3.63, 3.8) is 0 Å². The van der Waals surface area contributed by atoms with E-state index in [-0.39, 0.29) is 0 Å². The van der Waals surface area contributed by atoms with Gasteiger partial charge in [-0.15, -0.1) is 0 Å². The third kappa shape index (κ3) is 0.789. The maximum absolute atomic E-state index is 3.51. The van der Waals surface area contributed by atoms with Crippen LogP contribution in [0.2, 0.25) is 0 Å². The van der Waals surface area contributed by atoms with Crippen molar-refractivity contribution in [3.05, 3.63) is 0 Å². The van der Waals surface area contributed by atoms with Crippen LogP contribution in [0.5, 0.6) is 0 Å². The fraction of sp³-hybridized carbons (Fsp3) is 1.00. The Labute approximate surface area is 62.6 Å². The van der Waals surface area contributed by atoms with Crippen LogP contribution in [-0.4, -0.2) is 37.1 Å². The predicted octanol–water partition coefficient (Wildman–Crippen LogP) is 0.298. The van der Waals surface area contributed by atoms with E-state index in [0.29, 0.717) is 0 Å². The molecule has 0 bridgehead atoms. The highest BCUT2D eigenvalue weighted by atomic mass is 15.2. The van der Waals surface area contributed by atoms with E-state index in [1.54, 1.807) is 0 Å². The van der Waals surface area contributed by atoms with Gasteiger partial charge in [0.05, 0.1) is 0 Å². The molecule has 3 atom stereocenters. The van der Waals surface area contributed by atoms with Crippen LogP contribution in [0.3, 0.4) is 0 Å². The van der Waals surface area contributed by atoms with E-state index in [1.807, 2.05) is 0 Å². The molecule has 2 fully saturated rings. The first-order valence-corrected chi connectivity index (χ1v) is 4.22. The number of hydrogen-bond donors (Lipinski definition) is 1. The van der Waals surface area contributed by atoms with Crippen LogP contribution >= 0.6 is 0 Å². The molecule has 2 saturated heterocycles. The Morgan fingerprint density at radius 1 is 1.50 bits per heavy atom. The normalized spacial score (nSPS) is 48.0. The minimum atomic E-state index is 0.720. The molecule has 2 aliphatic rings. The zero-order valence-electron chi connectivity index (χ0n) is 6.80. The molecule has 0 aromatic heterocycles. The van der Waals surface area contributed by atoms with Crippen LogP contribution in [0, 0.1) is 5.92 Å². The lowest BCUT2D eigenvalue weighted by Gasteiger charge is -2.22. The van der Waals surface area contributed by atoms with Crippen molar-refractivity contribution < 1.29 is 0 Å². The minimum Gasteiger partial charge on any atom is -0.312 e. The summed E-state index contributed by atoms with van der Waals surface area (Å²) < 4.78 is 0. The van der Waals surface area contributed by atoms with E-state index in [0.717, 1.165) is 18.0 Å². The second-order valence-electron chi connectivity index (χ2n) is 3.72. The fourth-order valence-electron chi connectivity index (χ4n) is 2.52. The van der Waals surface area contributed by atoms with Gasteiger partial charge in [0.15, 0.2) is 0 Å². The Morgan fingerprint density at radius 2 is 2.30 bits per heavy atom. The molecule has 1 N–H and O–H groups in total. The molecule has 0 aromatic carbocycles. The van der Waals surface area contributed by atoms with E-state index < -0.39 is 0 Å². The van der Waals surface area contributed by atoms with Gasteiger partial charge in [-0.2, -0.15) is 0 Å². The summed E-state index contributed by atoms with van der Waals surface area (Å²) in [5, 5.41) is 3.51. The van der Waals surface area contributed by atoms with Crippen molar-refractivity contribution >= 4 is 0 Å². The summed E-state index contributed by atoms with van der Waals surface area (Å²) >= 11 is 0. The maximum atomic E-state index is 3.51. The number of likely N-dealkylation sites (tertiary alicyclic amines) is 1. The highest BCUT2D eigenvalue weighted by Gasteiger charge is 2.39. The lowest BCUT2D eigenvalue weighted by atomic mass is 10.0. The highest BCUT2D eigenvalue weighted by molar-refractivity contribution is 4.98. The summed E-state index contributed by atoms with van der Waals surface area (Å²) in [6.45, 7) is 4.85. The van der Waals surface area contributed by atoms with Gasteiger partial charge in [-0.05, 0) is 39.4 Å². The summed E-state index contributed by atoms with van der Waals surface area (Å²) in [6.07, 6.45) is 1.40. The van der Waals surface area contributed by atoms with E-state index >= 15 is 0 Å². The van der Waals surface area contributed by atoms with Crippen molar-refractivity contribution in [1.82, 2.24) is 10.2 Å². The fourth-order valence-corrected chi connectivity index (χ4v) is 2.52. The van der Waals surface area contributed by atoms with Gasteiger partial charge in [0.1, 0.15) is 0 Å². The number of rotatable bonds is 0. The van der Waals surface area contributed by atoms with E-state index in [1.165, 1.54) is 19.5 Å². The van der Waals surface area contributed by atoms with Gasteiger partial charge in [0, 0.05) is 12.1 Å². The standard InChI is InChI=1S/C8H16N2/c1-6-8-7(5-9-6)3-4-10(8)2/h6-9H,3-5H2,1-2H3. The number of nitrogens with one attached hydrogen (secondary N) is 1. The summed E-state index contributed by atoms with van der Waals surface area (Å²) in [7, 11) is 2.24. The Hall–Kier alpha value is -0.0800. The molecule has 2 heteroatoms. The largest absolute Gasteiger partial charge is 0.312 e. The maximum Gasteiger partial charge on any atom is 0.0284 e. The molecule has 0 amide bonds. The van der Waals surface area contributed by atoms with Crippen LogP contribution in [0.25, 0.3) is 0 Å². The quantitative estimate of drug-likeness (QED) is 0.520. The first-order chi connectivity index (χ1) is 4.79. The third-order valence-electron chi connectivity index (χ3n) is 3.06. The van der Waals surface area contributed by atoms with Crippen LogP contribution < -0.4 is 5.32 Å². The molecule has 58 valence electrons. The predicted molar refractivity (Wildman–Crippen MR) is 42.0 cm³/mol. The Morgan fingerprint density at radius 3 is 3.00 bits per heavy atom. The zero-order chi connectivity index (χ0) is 7.14. The SMILES string of the molecule is CC1NCC2CCN(C)C21. The molecule has 0 aliphatic carbocycles. The number of fused-ring (bicyclic) bond motifs is 1. The molecule has 2 nitrogen and oxygen atoms in total. The lowest BCUT2D eigenvalue weighted by Crippen LogP contribution is -2.37. The van der Waals surface area contributed by atoms with Gasteiger partial charge in [-0.25, -0.2) is 0 Å². The molecule has 0 saturated carbocycles. The molecule has 0 spiro atoms. The first-order valence-electron chi connectivity index (χ1n) is 4.22. The van der Waals surface area contributed by atoms with E-state index in [9.17, 15) is 0 Å². The number of likely N-dealkylation sites (N-methyl/N-ethyl adjacent to an activating group) is 1. The van der Waals surface area contributed by atoms with Crippen LogP contribution in [0.1, 0.15) is 13.3 Å². The average molecular weight is 140 g/mol. The molecular weight excluding hydrogens is 124 g/mol. The van der Waals surface area contributed by atoms with E-state index in [2.05, 4.69) is 24.2 Å². The zero-order valence-corrected chi connectivity index (χ0v) is 6.80. The molecular formula is C8H16N2. The number of nitrogens with zero attached hydrogens (tertiary/aromatic N) is 1. The van der Waals surface area contributed by atoms with Gasteiger partial charge in [0.2, 0.25) is 0 Å².